The van der Waals surface area contributed by atoms with Crippen LogP contribution in [0.15, 0.2) is 239 Å². The molecule has 0 unspecified atom stereocenters. The third-order valence-electron chi connectivity index (χ3n) is 19.5. The number of aryl methyl sites for hydroxylation is 3. The molecular formula is C87H85Cl4N3O13S9. The molecule has 608 valence electrons. The fourth-order valence-corrected chi connectivity index (χ4v) is 22.4. The van der Waals surface area contributed by atoms with Gasteiger partial charge in [0, 0.05) is 84.5 Å². The maximum atomic E-state index is 11.8. The van der Waals surface area contributed by atoms with Gasteiger partial charge in [-0.25, -0.2) is 0 Å². The maximum Gasteiger partial charge on any atom is 0.265 e. The number of allylic oxidation sites excluding steroid dienone is 6. The lowest BCUT2D eigenvalue weighted by atomic mass is 10.0. The predicted octanol–water partition coefficient (Wildman–Crippen LogP) is 25.3. The first-order valence-corrected chi connectivity index (χ1v) is 49.6. The Morgan fingerprint density at radius 1 is 0.397 bits per heavy atom. The predicted molar refractivity (Wildman–Crippen MR) is 491 cm³/mol. The van der Waals surface area contributed by atoms with E-state index in [1.165, 1.54) is 41.7 Å². The monoisotopic (exact) mass is 1810 g/mol. The number of halogens is 4. The van der Waals surface area contributed by atoms with Crippen LogP contribution in [-0.2, 0) is 59.7 Å². The molecule has 3 aliphatic heterocycles. The SMILES string of the molecule is CCC(=C/c1oc2ccc(-c3ccccc3)cc2c1CCS(=O)(=O)O)/C=C1\Sc2ccc(-c3ccccc3)cc2N1CCCS(=O)(=O)O.CCC(=C/c1sc2ccc(Cl)cc2c1CC)/C=C1\Sc2ccc(Cl)cc2N1CC.CCC(=C/c1sc2ccc(Cl)cc2c1CCCS(=O)(=O)O)/C=C1\Sc2ccc(Cl)cc2N1CCCS(=O)(=O)O. The first kappa shape index (κ1) is 88.2. The molecule has 0 amide bonds. The highest BCUT2D eigenvalue weighted by Crippen LogP contribution is 2.51. The Kier molecular flexibility index (Phi) is 29.6. The minimum atomic E-state index is -4.23. The van der Waals surface area contributed by atoms with Crippen molar-refractivity contribution >= 4 is 211 Å². The Labute approximate surface area is 719 Å². The summed E-state index contributed by atoms with van der Waals surface area (Å²) in [6.07, 6.45) is 17.3. The molecule has 0 saturated carbocycles. The van der Waals surface area contributed by atoms with E-state index < -0.39 is 46.2 Å². The number of fused-ring (bicyclic) bond motifs is 6. The summed E-state index contributed by atoms with van der Waals surface area (Å²) in [5.74, 6) is -0.957. The van der Waals surface area contributed by atoms with Crippen molar-refractivity contribution in [2.75, 3.05) is 57.3 Å². The van der Waals surface area contributed by atoms with Gasteiger partial charge in [-0.3, -0.25) is 18.2 Å². The molecule has 0 atom stereocenters. The van der Waals surface area contributed by atoms with E-state index in [-0.39, 0.29) is 42.9 Å². The summed E-state index contributed by atoms with van der Waals surface area (Å²) in [5, 5.41) is 8.82. The second-order valence-electron chi connectivity index (χ2n) is 27.5. The van der Waals surface area contributed by atoms with Crippen LogP contribution in [0.1, 0.15) is 105 Å². The molecule has 11 aromatic rings. The van der Waals surface area contributed by atoms with Gasteiger partial charge in [0.1, 0.15) is 11.3 Å². The van der Waals surface area contributed by atoms with Gasteiger partial charge in [0.15, 0.2) is 0 Å². The van der Waals surface area contributed by atoms with Gasteiger partial charge < -0.3 is 19.1 Å². The van der Waals surface area contributed by atoms with E-state index in [0.717, 1.165) is 120 Å². The van der Waals surface area contributed by atoms with E-state index in [4.69, 9.17) is 50.8 Å². The minimum absolute atomic E-state index is 0.0632. The fraction of sp³-hybridized carbons (Fsp3) is 0.241. The van der Waals surface area contributed by atoms with Crippen LogP contribution in [0, 0.1) is 0 Å². The second kappa shape index (κ2) is 39.0. The van der Waals surface area contributed by atoms with Crippen molar-refractivity contribution in [3.8, 4) is 22.3 Å². The molecule has 0 fully saturated rings. The van der Waals surface area contributed by atoms with Gasteiger partial charge in [-0.2, -0.15) is 33.7 Å². The summed E-state index contributed by atoms with van der Waals surface area (Å²) >= 11 is 33.4. The minimum Gasteiger partial charge on any atom is -0.456 e. The molecule has 14 rings (SSSR count). The van der Waals surface area contributed by atoms with E-state index in [9.17, 15) is 51.9 Å². The smallest absolute Gasteiger partial charge is 0.265 e. The van der Waals surface area contributed by atoms with Crippen molar-refractivity contribution in [1.82, 2.24) is 0 Å². The van der Waals surface area contributed by atoms with Crippen molar-refractivity contribution < 1.29 is 56.3 Å². The third-order valence-corrected chi connectivity index (χ3v) is 29.2. The Morgan fingerprint density at radius 2 is 0.802 bits per heavy atom. The van der Waals surface area contributed by atoms with E-state index in [2.05, 4.69) is 97.3 Å². The highest BCUT2D eigenvalue weighted by molar-refractivity contribution is 8.04. The van der Waals surface area contributed by atoms with Gasteiger partial charge in [0.2, 0.25) is 0 Å². The lowest BCUT2D eigenvalue weighted by molar-refractivity contribution is 0.479. The van der Waals surface area contributed by atoms with Crippen LogP contribution >= 0.6 is 104 Å². The first-order chi connectivity index (χ1) is 55.3. The number of hydrogen-bond acceptors (Lipinski definition) is 17. The first-order valence-electron chi connectivity index (χ1n) is 37.6. The van der Waals surface area contributed by atoms with E-state index in [1.54, 1.807) is 34.9 Å². The second-order valence-corrected chi connectivity index (χ2v) is 40.9. The maximum absolute atomic E-state index is 11.8. The number of anilines is 3. The molecule has 16 nitrogen and oxygen atoms in total. The van der Waals surface area contributed by atoms with Gasteiger partial charge in [-0.05, 0) is 259 Å². The third kappa shape index (κ3) is 23.1. The van der Waals surface area contributed by atoms with E-state index >= 15 is 0 Å². The number of furan rings is 1. The number of hydrogen-bond donors (Lipinski definition) is 4. The summed E-state index contributed by atoms with van der Waals surface area (Å²) in [6, 6.07) is 55.5. The van der Waals surface area contributed by atoms with Crippen LogP contribution in [0.2, 0.25) is 20.1 Å². The molecular weight excluding hydrogens is 1730 g/mol. The Balaban J connectivity index is 0.000000165. The van der Waals surface area contributed by atoms with Crippen molar-refractivity contribution in [2.24, 2.45) is 0 Å². The van der Waals surface area contributed by atoms with Crippen LogP contribution in [-0.4, -0.2) is 94.5 Å². The number of nitrogens with zero attached hydrogens (tertiary/aromatic N) is 3. The Hall–Kier alpha value is -7.09. The van der Waals surface area contributed by atoms with Crippen LogP contribution in [0.25, 0.3) is 71.6 Å². The topological polar surface area (TPSA) is 240 Å². The normalized spacial score (nSPS) is 15.1. The molecule has 29 heteroatoms. The molecule has 0 aliphatic carbocycles. The quantitative estimate of drug-likeness (QED) is 0.0333. The van der Waals surface area contributed by atoms with Crippen LogP contribution in [0.5, 0.6) is 0 Å². The molecule has 3 aliphatic rings. The van der Waals surface area contributed by atoms with Gasteiger partial charge in [-0.1, -0.05) is 182 Å². The molecule has 4 N–H and O–H groups in total. The van der Waals surface area contributed by atoms with Crippen molar-refractivity contribution in [2.45, 2.75) is 107 Å². The van der Waals surface area contributed by atoms with Gasteiger partial charge >= 0.3 is 0 Å². The molecule has 8 aromatic carbocycles. The molecule has 6 heterocycles. The van der Waals surface area contributed by atoms with Gasteiger partial charge in [0.25, 0.3) is 40.5 Å². The summed E-state index contributed by atoms with van der Waals surface area (Å²) in [7, 11) is -16.5. The van der Waals surface area contributed by atoms with Crippen LogP contribution in [0.4, 0.5) is 17.1 Å². The number of benzene rings is 8. The van der Waals surface area contributed by atoms with Crippen LogP contribution < -0.4 is 14.7 Å². The number of thioether (sulfide) groups is 3. The summed E-state index contributed by atoms with van der Waals surface area (Å²) in [4.78, 5) is 12.0. The lowest BCUT2D eigenvalue weighted by Gasteiger charge is -2.21. The van der Waals surface area contributed by atoms with Crippen molar-refractivity contribution in [3.05, 3.63) is 272 Å². The molecule has 0 saturated heterocycles. The number of rotatable bonds is 28. The summed E-state index contributed by atoms with van der Waals surface area (Å²) < 4.78 is 138. The molecule has 3 aromatic heterocycles. The molecule has 116 heavy (non-hydrogen) atoms. The van der Waals surface area contributed by atoms with E-state index in [0.29, 0.717) is 59.3 Å². The molecule has 0 spiro atoms. The zero-order chi connectivity index (χ0) is 82.8. The number of thiophene rings is 2. The Bertz CT molecular complexity index is 6180. The van der Waals surface area contributed by atoms with E-state index in [1.807, 2.05) is 181 Å². The van der Waals surface area contributed by atoms with Crippen molar-refractivity contribution in [3.63, 3.8) is 0 Å². The van der Waals surface area contributed by atoms with Gasteiger partial charge in [0.05, 0.1) is 55.2 Å². The van der Waals surface area contributed by atoms with Crippen LogP contribution in [0.3, 0.4) is 0 Å². The largest absolute Gasteiger partial charge is 0.456 e. The van der Waals surface area contributed by atoms with Gasteiger partial charge in [-0.15, -0.1) is 22.7 Å². The summed E-state index contributed by atoms with van der Waals surface area (Å²) in [6.45, 7) is 12.3. The molecule has 0 bridgehead atoms. The lowest BCUT2D eigenvalue weighted by Crippen LogP contribution is -2.21. The van der Waals surface area contributed by atoms with Crippen molar-refractivity contribution in [1.29, 1.82) is 0 Å². The fourth-order valence-electron chi connectivity index (χ4n) is 13.8. The average molecular weight is 1810 g/mol. The zero-order valence-electron chi connectivity index (χ0n) is 63.9. The molecule has 0 radical (unpaired) electrons. The Morgan fingerprint density at radius 3 is 1.28 bits per heavy atom. The standard InChI is InChI=1S/C37H35NO7S3.C26H27Cl2NO6S4.C24H23Cl2NS2/c1-2-26(22-35-31(18-21-48(42,43)44)32-24-29(14-16-34(32)45-35)27-10-5-3-6-11-27)23-37-38(19-9-20-47(39,40)41)33-25-30(15-17-36(33)46-37)28-12-7-4-8-13-28;1-2-17(13-25-20(5-3-11-38(30,31)32)21-15-18(27)6-8-23(21)36-25)14-26-29(10-4-12-39(33,34)35)22-16-19(28)7-9-24(22)37-26;1-4-15(11-23-18(5-2)19-13-16(25)7-9-21(19)28-23)12-24-27(6-3)20-14-17(26)8-10-22(20)29-24/h3-8,10-17,22-25H,2,9,18-21H2,1H3,(H,39,40,41)(H,42,43,44);6-9,13-16H,2-5,10-12H2,1H3,(H,30,31,32)(H,33,34,35);7-14H,4-6H2,1-3H3/b26-22-,37-23-;17-13-,26-14-;15-11-,24-12-. The highest BCUT2D eigenvalue weighted by Gasteiger charge is 2.30. The average Bonchev–Trinajstić information content (AvgIpc) is 1.64. The zero-order valence-corrected chi connectivity index (χ0v) is 74.3. The summed E-state index contributed by atoms with van der Waals surface area (Å²) in [5.41, 5.74) is 14.0. The highest BCUT2D eigenvalue weighted by atomic mass is 35.5.